The maximum absolute atomic E-state index is 10.3. The molecule has 0 saturated carbocycles. The number of unbranched alkanes of at least 4 members (excludes halogenated alkanes) is 3. The Balaban J connectivity index is 2.31. The van der Waals surface area contributed by atoms with E-state index in [1.54, 1.807) is 6.92 Å². The summed E-state index contributed by atoms with van der Waals surface area (Å²) in [7, 11) is 0. The number of thiophene rings is 1. The van der Waals surface area contributed by atoms with Gasteiger partial charge in [0.15, 0.2) is 5.96 Å². The van der Waals surface area contributed by atoms with Crippen LogP contribution in [0, 0.1) is 0 Å². The molecule has 4 nitrogen and oxygen atoms in total. The van der Waals surface area contributed by atoms with Gasteiger partial charge in [-0.15, -0.1) is 11.3 Å². The maximum Gasteiger partial charge on any atom is 0.188 e. The lowest BCUT2D eigenvalue weighted by Crippen LogP contribution is -2.34. The van der Waals surface area contributed by atoms with Crippen LogP contribution in [0.15, 0.2) is 22.5 Å². The third kappa shape index (κ3) is 6.07. The molecule has 108 valence electrons. The molecule has 0 aliphatic heterocycles. The first-order chi connectivity index (χ1) is 9.06. The molecule has 0 amide bonds. The number of nitrogens with zero attached hydrogens (tertiary/aromatic N) is 1. The molecule has 1 aromatic heterocycles. The standard InChI is InChI=1S/C14H25N3OS/c1-3-4-5-6-9-16-13(15)17-11-14(2,18)12-8-7-10-19-12/h7-8,10,18H,3-6,9,11H2,1-2H3,(H3,15,16,17). The largest absolute Gasteiger partial charge is 0.383 e. The van der Waals surface area contributed by atoms with E-state index < -0.39 is 5.60 Å². The Kier molecular flexibility index (Phi) is 6.87. The van der Waals surface area contributed by atoms with Crippen LogP contribution in [0.4, 0.5) is 0 Å². The third-order valence-electron chi connectivity index (χ3n) is 2.95. The van der Waals surface area contributed by atoms with E-state index in [4.69, 9.17) is 5.73 Å². The number of hydrogen-bond donors (Lipinski definition) is 3. The number of aliphatic imine (C=N–C) groups is 1. The minimum atomic E-state index is -0.942. The summed E-state index contributed by atoms with van der Waals surface area (Å²) in [6.07, 6.45) is 4.80. The summed E-state index contributed by atoms with van der Waals surface area (Å²) in [6.45, 7) is 5.07. The molecular formula is C14H25N3OS. The second-order valence-corrected chi connectivity index (χ2v) is 5.89. The summed E-state index contributed by atoms with van der Waals surface area (Å²) < 4.78 is 0. The van der Waals surface area contributed by atoms with Crippen molar-refractivity contribution in [1.29, 1.82) is 0 Å². The monoisotopic (exact) mass is 283 g/mol. The molecule has 4 N–H and O–H groups in total. The van der Waals surface area contributed by atoms with Gasteiger partial charge in [0.1, 0.15) is 5.60 Å². The molecule has 0 aliphatic carbocycles. The highest BCUT2D eigenvalue weighted by atomic mass is 32.1. The van der Waals surface area contributed by atoms with Crippen molar-refractivity contribution < 1.29 is 5.11 Å². The highest BCUT2D eigenvalue weighted by Gasteiger charge is 2.23. The van der Waals surface area contributed by atoms with Crippen LogP contribution in [0.3, 0.4) is 0 Å². The van der Waals surface area contributed by atoms with E-state index in [0.717, 1.165) is 17.8 Å². The van der Waals surface area contributed by atoms with Crippen molar-refractivity contribution in [2.24, 2.45) is 10.7 Å². The fraction of sp³-hybridized carbons (Fsp3) is 0.643. The van der Waals surface area contributed by atoms with Crippen molar-refractivity contribution in [2.75, 3.05) is 13.1 Å². The first-order valence-electron chi connectivity index (χ1n) is 6.86. The van der Waals surface area contributed by atoms with E-state index in [1.807, 2.05) is 17.5 Å². The highest BCUT2D eigenvalue weighted by molar-refractivity contribution is 7.10. The SMILES string of the molecule is CCCCCCNC(N)=NCC(C)(O)c1cccs1. The van der Waals surface area contributed by atoms with Crippen molar-refractivity contribution in [1.82, 2.24) is 5.32 Å². The molecule has 0 radical (unpaired) electrons. The van der Waals surface area contributed by atoms with Crippen LogP contribution in [0.1, 0.15) is 44.4 Å². The van der Waals surface area contributed by atoms with E-state index in [2.05, 4.69) is 17.2 Å². The lowest BCUT2D eigenvalue weighted by atomic mass is 10.1. The predicted octanol–water partition coefficient (Wildman–Crippen LogP) is 2.44. The van der Waals surface area contributed by atoms with Crippen molar-refractivity contribution in [3.63, 3.8) is 0 Å². The number of hydrogen-bond acceptors (Lipinski definition) is 3. The second kappa shape index (κ2) is 8.17. The van der Waals surface area contributed by atoms with Crippen molar-refractivity contribution in [3.05, 3.63) is 22.4 Å². The molecule has 1 unspecified atom stereocenters. The van der Waals surface area contributed by atoms with Gasteiger partial charge in [0.05, 0.1) is 6.54 Å². The Morgan fingerprint density at radius 3 is 2.89 bits per heavy atom. The lowest BCUT2D eigenvalue weighted by Gasteiger charge is -2.19. The third-order valence-corrected chi connectivity index (χ3v) is 4.07. The fourth-order valence-corrected chi connectivity index (χ4v) is 2.51. The lowest BCUT2D eigenvalue weighted by molar-refractivity contribution is 0.0712. The Morgan fingerprint density at radius 1 is 1.47 bits per heavy atom. The molecule has 1 atom stereocenters. The maximum atomic E-state index is 10.3. The number of nitrogens with two attached hydrogens (primary N) is 1. The van der Waals surface area contributed by atoms with Crippen LogP contribution in [0.25, 0.3) is 0 Å². The van der Waals surface area contributed by atoms with Gasteiger partial charge in [0.2, 0.25) is 0 Å². The summed E-state index contributed by atoms with van der Waals surface area (Å²) >= 11 is 1.53. The minimum absolute atomic E-state index is 0.279. The van der Waals surface area contributed by atoms with Crippen LogP contribution < -0.4 is 11.1 Å². The zero-order valence-electron chi connectivity index (χ0n) is 11.9. The van der Waals surface area contributed by atoms with Crippen molar-refractivity contribution in [2.45, 2.75) is 45.1 Å². The van der Waals surface area contributed by atoms with E-state index in [9.17, 15) is 5.11 Å². The first-order valence-corrected chi connectivity index (χ1v) is 7.74. The Morgan fingerprint density at radius 2 is 2.26 bits per heavy atom. The fourth-order valence-electron chi connectivity index (χ4n) is 1.73. The van der Waals surface area contributed by atoms with E-state index >= 15 is 0 Å². The molecule has 1 heterocycles. The van der Waals surface area contributed by atoms with Gasteiger partial charge in [-0.05, 0) is 24.8 Å². The van der Waals surface area contributed by atoms with Gasteiger partial charge in [0, 0.05) is 11.4 Å². The van der Waals surface area contributed by atoms with Gasteiger partial charge in [-0.25, -0.2) is 0 Å². The number of rotatable bonds is 8. The van der Waals surface area contributed by atoms with Gasteiger partial charge in [-0.1, -0.05) is 32.3 Å². The Hall–Kier alpha value is -1.07. The number of aliphatic hydroxyl groups is 1. The highest BCUT2D eigenvalue weighted by Crippen LogP contribution is 2.25. The average molecular weight is 283 g/mol. The van der Waals surface area contributed by atoms with Crippen molar-refractivity contribution in [3.8, 4) is 0 Å². The van der Waals surface area contributed by atoms with Crippen LogP contribution in [0.2, 0.25) is 0 Å². The van der Waals surface area contributed by atoms with Gasteiger partial charge in [-0.2, -0.15) is 0 Å². The van der Waals surface area contributed by atoms with Gasteiger partial charge < -0.3 is 16.2 Å². The number of guanidine groups is 1. The molecule has 1 aromatic rings. The zero-order valence-corrected chi connectivity index (χ0v) is 12.7. The normalized spacial score (nSPS) is 15.2. The molecule has 0 fully saturated rings. The quantitative estimate of drug-likeness (QED) is 0.390. The van der Waals surface area contributed by atoms with Gasteiger partial charge >= 0.3 is 0 Å². The van der Waals surface area contributed by atoms with E-state index in [0.29, 0.717) is 5.96 Å². The van der Waals surface area contributed by atoms with Gasteiger partial charge in [0.25, 0.3) is 0 Å². The van der Waals surface area contributed by atoms with Crippen molar-refractivity contribution >= 4 is 17.3 Å². The molecular weight excluding hydrogens is 258 g/mol. The van der Waals surface area contributed by atoms with Gasteiger partial charge in [-0.3, -0.25) is 4.99 Å². The molecule has 0 spiro atoms. The summed E-state index contributed by atoms with van der Waals surface area (Å²) in [6, 6.07) is 3.84. The van der Waals surface area contributed by atoms with E-state index in [1.165, 1.54) is 30.6 Å². The number of nitrogens with one attached hydrogen (secondary N) is 1. The topological polar surface area (TPSA) is 70.6 Å². The molecule has 19 heavy (non-hydrogen) atoms. The average Bonchev–Trinajstić information content (AvgIpc) is 2.91. The second-order valence-electron chi connectivity index (χ2n) is 4.94. The Bertz CT molecular complexity index is 374. The zero-order chi connectivity index (χ0) is 14.1. The van der Waals surface area contributed by atoms with Crippen LogP contribution >= 0.6 is 11.3 Å². The Labute approximate surface area is 119 Å². The molecule has 1 rings (SSSR count). The summed E-state index contributed by atoms with van der Waals surface area (Å²) in [5, 5.41) is 15.3. The smallest absolute Gasteiger partial charge is 0.188 e. The summed E-state index contributed by atoms with van der Waals surface area (Å²) in [4.78, 5) is 5.12. The van der Waals surface area contributed by atoms with Crippen LogP contribution in [-0.4, -0.2) is 24.2 Å². The minimum Gasteiger partial charge on any atom is -0.383 e. The van der Waals surface area contributed by atoms with Crippen LogP contribution in [0.5, 0.6) is 0 Å². The molecule has 0 aliphatic rings. The molecule has 0 saturated heterocycles. The molecule has 0 bridgehead atoms. The molecule has 5 heteroatoms. The first kappa shape index (κ1) is 16.0. The summed E-state index contributed by atoms with van der Waals surface area (Å²) in [5.41, 5.74) is 4.84. The predicted molar refractivity (Wildman–Crippen MR) is 82.5 cm³/mol. The van der Waals surface area contributed by atoms with Crippen LogP contribution in [-0.2, 0) is 5.60 Å². The van der Waals surface area contributed by atoms with E-state index in [-0.39, 0.29) is 6.54 Å². The summed E-state index contributed by atoms with van der Waals surface area (Å²) in [5.74, 6) is 0.410. The molecule has 0 aromatic carbocycles.